The van der Waals surface area contributed by atoms with E-state index in [1.807, 2.05) is 37.3 Å². The van der Waals surface area contributed by atoms with E-state index in [0.29, 0.717) is 34.6 Å². The third kappa shape index (κ3) is 4.77. The van der Waals surface area contributed by atoms with Crippen molar-refractivity contribution < 1.29 is 18.7 Å². The van der Waals surface area contributed by atoms with Gasteiger partial charge in [0.25, 0.3) is 5.91 Å². The molecule has 0 spiro atoms. The second-order valence-corrected chi connectivity index (χ2v) is 9.49. The number of pyridine rings is 1. The van der Waals surface area contributed by atoms with Gasteiger partial charge in [0.15, 0.2) is 5.78 Å². The number of allylic oxidation sites excluding steroid dienone is 3. The molecule has 6 nitrogen and oxygen atoms in total. The molecule has 2 aliphatic rings. The van der Waals surface area contributed by atoms with E-state index in [2.05, 4.69) is 15.6 Å². The SMILES string of the molecule is COc1ccc(C2CC(=O)C3=C(C2)NC(C)=C(C(=O)Nc2ccc(C)cn2)C3c2ccccc2F)cc1. The number of nitrogens with one attached hydrogen (secondary N) is 2. The van der Waals surface area contributed by atoms with E-state index in [9.17, 15) is 9.59 Å². The first-order chi connectivity index (χ1) is 17.9. The van der Waals surface area contributed by atoms with Crippen LogP contribution < -0.4 is 15.4 Å². The number of nitrogens with zero attached hydrogens (tertiary/aromatic N) is 1. The van der Waals surface area contributed by atoms with Crippen molar-refractivity contribution in [2.45, 2.75) is 38.5 Å². The molecule has 1 amide bonds. The van der Waals surface area contributed by atoms with Gasteiger partial charge >= 0.3 is 0 Å². The molecule has 2 atom stereocenters. The van der Waals surface area contributed by atoms with Gasteiger partial charge in [0, 0.05) is 46.6 Å². The van der Waals surface area contributed by atoms with Gasteiger partial charge in [-0.05, 0) is 61.6 Å². The van der Waals surface area contributed by atoms with E-state index in [1.165, 1.54) is 6.07 Å². The second-order valence-electron chi connectivity index (χ2n) is 9.49. The summed E-state index contributed by atoms with van der Waals surface area (Å²) in [6.07, 6.45) is 2.50. The molecule has 0 fully saturated rings. The molecule has 0 bridgehead atoms. The van der Waals surface area contributed by atoms with Crippen molar-refractivity contribution in [3.05, 3.63) is 112 Å². The van der Waals surface area contributed by atoms with Crippen molar-refractivity contribution in [3.8, 4) is 5.75 Å². The summed E-state index contributed by atoms with van der Waals surface area (Å²) in [5.41, 5.74) is 4.36. The molecule has 1 aliphatic heterocycles. The molecule has 2 unspecified atom stereocenters. The molecule has 2 N–H and O–H groups in total. The number of ketones is 1. The lowest BCUT2D eigenvalue weighted by Crippen LogP contribution is -2.37. The summed E-state index contributed by atoms with van der Waals surface area (Å²) in [5, 5.41) is 6.15. The van der Waals surface area contributed by atoms with Crippen LogP contribution >= 0.6 is 0 Å². The summed E-state index contributed by atoms with van der Waals surface area (Å²) in [6.45, 7) is 3.70. The van der Waals surface area contributed by atoms with Crippen molar-refractivity contribution >= 4 is 17.5 Å². The Hall–Kier alpha value is -4.26. The molecule has 7 heteroatoms. The number of anilines is 1. The molecule has 37 heavy (non-hydrogen) atoms. The fraction of sp³-hybridized carbons (Fsp3) is 0.233. The van der Waals surface area contributed by atoms with E-state index in [4.69, 9.17) is 4.74 Å². The van der Waals surface area contributed by atoms with Gasteiger partial charge in [0.1, 0.15) is 17.4 Å². The van der Waals surface area contributed by atoms with Gasteiger partial charge in [0.05, 0.1) is 7.11 Å². The van der Waals surface area contributed by atoms with Gasteiger partial charge < -0.3 is 15.4 Å². The molecule has 1 aliphatic carbocycles. The average Bonchev–Trinajstić information content (AvgIpc) is 2.89. The fourth-order valence-electron chi connectivity index (χ4n) is 5.20. The van der Waals surface area contributed by atoms with Crippen molar-refractivity contribution in [2.24, 2.45) is 0 Å². The fourth-order valence-corrected chi connectivity index (χ4v) is 5.20. The van der Waals surface area contributed by atoms with Crippen LogP contribution in [0.1, 0.15) is 48.3 Å². The maximum absolute atomic E-state index is 15.2. The van der Waals surface area contributed by atoms with E-state index < -0.39 is 17.6 Å². The minimum Gasteiger partial charge on any atom is -0.497 e. The Kier molecular flexibility index (Phi) is 6.61. The molecule has 5 rings (SSSR count). The van der Waals surface area contributed by atoms with Gasteiger partial charge in [-0.3, -0.25) is 9.59 Å². The molecule has 2 aromatic carbocycles. The maximum atomic E-state index is 15.2. The first-order valence-corrected chi connectivity index (χ1v) is 12.2. The number of aryl methyl sites for hydroxylation is 1. The molecule has 0 saturated carbocycles. The Morgan fingerprint density at radius 1 is 1.05 bits per heavy atom. The predicted octanol–water partition coefficient (Wildman–Crippen LogP) is 5.54. The number of rotatable bonds is 5. The monoisotopic (exact) mass is 497 g/mol. The molecular formula is C30H28FN3O3. The number of aromatic nitrogens is 1. The molecule has 0 radical (unpaired) electrons. The quantitative estimate of drug-likeness (QED) is 0.484. The summed E-state index contributed by atoms with van der Waals surface area (Å²) in [7, 11) is 1.61. The predicted molar refractivity (Wildman–Crippen MR) is 140 cm³/mol. The number of Topliss-reactive ketones (excluding diaryl/α,β-unsaturated/α-hetero) is 1. The van der Waals surface area contributed by atoms with Crippen molar-refractivity contribution in [3.63, 3.8) is 0 Å². The summed E-state index contributed by atoms with van der Waals surface area (Å²) >= 11 is 0. The highest BCUT2D eigenvalue weighted by Gasteiger charge is 2.41. The first-order valence-electron chi connectivity index (χ1n) is 12.2. The highest BCUT2D eigenvalue weighted by molar-refractivity contribution is 6.09. The Balaban J connectivity index is 1.54. The summed E-state index contributed by atoms with van der Waals surface area (Å²) in [4.78, 5) is 31.5. The molecular weight excluding hydrogens is 469 g/mol. The average molecular weight is 498 g/mol. The van der Waals surface area contributed by atoms with Gasteiger partial charge in [-0.25, -0.2) is 9.37 Å². The summed E-state index contributed by atoms with van der Waals surface area (Å²) < 4.78 is 20.4. The van der Waals surface area contributed by atoms with E-state index in [-0.39, 0.29) is 18.1 Å². The van der Waals surface area contributed by atoms with Gasteiger partial charge in [-0.15, -0.1) is 0 Å². The summed E-state index contributed by atoms with van der Waals surface area (Å²) in [6, 6.07) is 17.6. The minimum absolute atomic E-state index is 0.0362. The third-order valence-electron chi connectivity index (χ3n) is 7.03. The number of benzene rings is 2. The van der Waals surface area contributed by atoms with Crippen LogP contribution in [0.2, 0.25) is 0 Å². The van der Waals surface area contributed by atoms with Crippen LogP contribution in [0.4, 0.5) is 10.2 Å². The van der Waals surface area contributed by atoms with Crippen LogP contribution in [0.3, 0.4) is 0 Å². The van der Waals surface area contributed by atoms with Crippen molar-refractivity contribution in [1.29, 1.82) is 0 Å². The molecule has 1 aromatic heterocycles. The maximum Gasteiger partial charge on any atom is 0.255 e. The Morgan fingerprint density at radius 2 is 1.81 bits per heavy atom. The molecule has 2 heterocycles. The number of carbonyl (C=O) groups is 2. The van der Waals surface area contributed by atoms with E-state index in [1.54, 1.807) is 44.5 Å². The van der Waals surface area contributed by atoms with Gasteiger partial charge in [-0.2, -0.15) is 0 Å². The lowest BCUT2D eigenvalue weighted by Gasteiger charge is -2.37. The van der Waals surface area contributed by atoms with Crippen LogP contribution in [0, 0.1) is 12.7 Å². The van der Waals surface area contributed by atoms with Crippen molar-refractivity contribution in [1.82, 2.24) is 10.3 Å². The van der Waals surface area contributed by atoms with Gasteiger partial charge in [-0.1, -0.05) is 36.4 Å². The Morgan fingerprint density at radius 3 is 2.49 bits per heavy atom. The Bertz CT molecular complexity index is 1430. The van der Waals surface area contributed by atoms with Crippen LogP contribution in [-0.2, 0) is 9.59 Å². The smallest absolute Gasteiger partial charge is 0.255 e. The number of ether oxygens (including phenoxy) is 1. The zero-order chi connectivity index (χ0) is 26.1. The number of amides is 1. The number of methoxy groups -OCH3 is 1. The summed E-state index contributed by atoms with van der Waals surface area (Å²) in [5.74, 6) is -0.715. The zero-order valence-corrected chi connectivity index (χ0v) is 21.0. The minimum atomic E-state index is -0.827. The molecule has 188 valence electrons. The lowest BCUT2D eigenvalue weighted by atomic mass is 9.71. The zero-order valence-electron chi connectivity index (χ0n) is 21.0. The number of carbonyl (C=O) groups excluding carboxylic acids is 2. The highest BCUT2D eigenvalue weighted by Crippen LogP contribution is 2.46. The van der Waals surface area contributed by atoms with Crippen LogP contribution in [0.5, 0.6) is 5.75 Å². The van der Waals surface area contributed by atoms with Crippen LogP contribution in [0.25, 0.3) is 0 Å². The largest absolute Gasteiger partial charge is 0.497 e. The van der Waals surface area contributed by atoms with Crippen LogP contribution in [0.15, 0.2) is 89.4 Å². The second kappa shape index (κ2) is 10.0. The lowest BCUT2D eigenvalue weighted by molar-refractivity contribution is -0.116. The van der Waals surface area contributed by atoms with E-state index >= 15 is 4.39 Å². The normalized spacial score (nSPS) is 19.3. The van der Waals surface area contributed by atoms with Crippen LogP contribution in [-0.4, -0.2) is 23.8 Å². The van der Waals surface area contributed by atoms with Gasteiger partial charge in [0.2, 0.25) is 0 Å². The first kappa shape index (κ1) is 24.4. The number of halogens is 1. The topological polar surface area (TPSA) is 80.3 Å². The van der Waals surface area contributed by atoms with Crippen molar-refractivity contribution in [2.75, 3.05) is 12.4 Å². The Labute approximate surface area is 215 Å². The molecule has 0 saturated heterocycles. The number of hydrogen-bond donors (Lipinski definition) is 2. The highest BCUT2D eigenvalue weighted by atomic mass is 19.1. The number of dihydropyridines is 1. The third-order valence-corrected chi connectivity index (χ3v) is 7.03. The van der Waals surface area contributed by atoms with E-state index in [0.717, 1.165) is 22.6 Å². The number of hydrogen-bond acceptors (Lipinski definition) is 5. The standard InChI is InChI=1S/C30H28FN3O3/c1-17-8-13-26(32-16-17)34-30(36)27-18(2)33-24-14-20(19-9-11-21(37-3)12-10-19)15-25(35)29(24)28(27)22-6-4-5-7-23(22)31/h4-13,16,20,28,33H,14-15H2,1-3H3,(H,32,34,36). The molecule has 3 aromatic rings.